The fraction of sp³-hybridized carbons (Fsp3) is 0.273. The van der Waals surface area contributed by atoms with Gasteiger partial charge in [0.25, 0.3) is 5.91 Å². The van der Waals surface area contributed by atoms with E-state index in [9.17, 15) is 9.18 Å². The van der Waals surface area contributed by atoms with Gasteiger partial charge in [0.1, 0.15) is 5.82 Å². The molecule has 2 heterocycles. The van der Waals surface area contributed by atoms with Crippen LogP contribution in [0.25, 0.3) is 0 Å². The third-order valence-corrected chi connectivity index (χ3v) is 5.41. The molecule has 29 heavy (non-hydrogen) atoms. The monoisotopic (exact) mass is 413 g/mol. The first-order valence-corrected chi connectivity index (χ1v) is 9.80. The predicted molar refractivity (Wildman–Crippen MR) is 108 cm³/mol. The van der Waals surface area contributed by atoms with Gasteiger partial charge in [0.2, 0.25) is 0 Å². The summed E-state index contributed by atoms with van der Waals surface area (Å²) in [5, 5.41) is 5.17. The Kier molecular flexibility index (Phi) is 5.65. The van der Waals surface area contributed by atoms with Crippen LogP contribution in [0.5, 0.6) is 0 Å². The van der Waals surface area contributed by atoms with E-state index in [0.717, 1.165) is 23.4 Å². The van der Waals surface area contributed by atoms with Gasteiger partial charge in [-0.2, -0.15) is 5.10 Å². The zero-order valence-corrected chi connectivity index (χ0v) is 16.8. The number of halogens is 2. The molecule has 0 aliphatic carbocycles. The number of aryl methyl sites for hydroxylation is 1. The van der Waals surface area contributed by atoms with Gasteiger partial charge in [0, 0.05) is 54.0 Å². The molecule has 0 fully saturated rings. The summed E-state index contributed by atoms with van der Waals surface area (Å²) in [6.45, 7) is 1.54. The number of carbonyl (C=O) groups excluding carboxylic acids is 1. The van der Waals surface area contributed by atoms with Crippen LogP contribution in [0.1, 0.15) is 32.9 Å². The van der Waals surface area contributed by atoms with Crippen LogP contribution in [0.4, 0.5) is 4.39 Å². The third-order valence-electron chi connectivity index (χ3n) is 5.16. The maximum atomic E-state index is 13.8. The van der Waals surface area contributed by atoms with Crippen molar-refractivity contribution in [3.8, 4) is 0 Å². The lowest BCUT2D eigenvalue weighted by molar-refractivity contribution is 0.0727. The predicted octanol–water partition coefficient (Wildman–Crippen LogP) is 4.13. The molecular formula is C22H21ClFN3O2. The van der Waals surface area contributed by atoms with Crippen LogP contribution in [0.2, 0.25) is 5.02 Å². The minimum atomic E-state index is -0.282. The summed E-state index contributed by atoms with van der Waals surface area (Å²) < 4.78 is 21.3. The minimum Gasteiger partial charge on any atom is -0.370 e. The normalized spacial score (nSPS) is 13.4. The molecule has 0 N–H and O–H groups in total. The fourth-order valence-corrected chi connectivity index (χ4v) is 3.73. The lowest BCUT2D eigenvalue weighted by Gasteiger charge is -2.28. The van der Waals surface area contributed by atoms with Crippen molar-refractivity contribution in [3.63, 3.8) is 0 Å². The number of nitrogens with zero attached hydrogens (tertiary/aromatic N) is 3. The molecule has 1 aliphatic heterocycles. The van der Waals surface area contributed by atoms with Gasteiger partial charge in [-0.1, -0.05) is 29.8 Å². The van der Waals surface area contributed by atoms with E-state index in [2.05, 4.69) is 5.10 Å². The number of carbonyl (C=O) groups is 1. The number of hydrogen-bond acceptors (Lipinski definition) is 3. The van der Waals surface area contributed by atoms with E-state index in [1.165, 1.54) is 6.07 Å². The number of rotatable bonds is 5. The van der Waals surface area contributed by atoms with E-state index in [4.69, 9.17) is 16.3 Å². The second kappa shape index (κ2) is 8.35. The third kappa shape index (κ3) is 4.18. The molecule has 3 aromatic rings. The Labute approximate surface area is 173 Å². The van der Waals surface area contributed by atoms with Crippen molar-refractivity contribution < 1.29 is 13.9 Å². The molecule has 0 spiro atoms. The summed E-state index contributed by atoms with van der Waals surface area (Å²) >= 11 is 5.92. The van der Waals surface area contributed by atoms with Crippen molar-refractivity contribution in [1.29, 1.82) is 0 Å². The van der Waals surface area contributed by atoms with E-state index in [-0.39, 0.29) is 24.9 Å². The molecule has 150 valence electrons. The molecule has 0 unspecified atom stereocenters. The Morgan fingerprint density at radius 3 is 2.69 bits per heavy atom. The number of hydrogen-bond donors (Lipinski definition) is 0. The standard InChI is InChI=1S/C22H21ClFN3O2/c1-26-21-10-11-27(22(28)15-6-8-17(23)9-7-15)12-18(21)20(25-26)14-29-13-16-4-2-3-5-19(16)24/h2-9H,10-14H2,1H3. The molecule has 5 nitrogen and oxygen atoms in total. The average molecular weight is 414 g/mol. The van der Waals surface area contributed by atoms with Crippen LogP contribution >= 0.6 is 11.6 Å². The SMILES string of the molecule is Cn1nc(COCc2ccccc2F)c2c1CCN(C(=O)c1ccc(Cl)cc1)C2. The second-order valence-corrected chi connectivity index (χ2v) is 7.50. The van der Waals surface area contributed by atoms with Crippen LogP contribution in [0.3, 0.4) is 0 Å². The zero-order valence-electron chi connectivity index (χ0n) is 16.1. The van der Waals surface area contributed by atoms with Gasteiger partial charge in [-0.05, 0) is 30.3 Å². The summed E-state index contributed by atoms with van der Waals surface area (Å²) in [4.78, 5) is 14.7. The molecule has 1 amide bonds. The lowest BCUT2D eigenvalue weighted by atomic mass is 10.0. The highest BCUT2D eigenvalue weighted by atomic mass is 35.5. The van der Waals surface area contributed by atoms with Gasteiger partial charge in [-0.15, -0.1) is 0 Å². The first-order chi connectivity index (χ1) is 14.0. The van der Waals surface area contributed by atoms with Gasteiger partial charge >= 0.3 is 0 Å². The maximum absolute atomic E-state index is 13.8. The summed E-state index contributed by atoms with van der Waals surface area (Å²) in [6.07, 6.45) is 0.728. The van der Waals surface area contributed by atoms with Crippen LogP contribution in [0, 0.1) is 5.82 Å². The van der Waals surface area contributed by atoms with Crippen LogP contribution in [-0.4, -0.2) is 27.1 Å². The molecule has 0 atom stereocenters. The van der Waals surface area contributed by atoms with Crippen molar-refractivity contribution in [3.05, 3.63) is 87.4 Å². The Morgan fingerprint density at radius 1 is 1.17 bits per heavy atom. The molecule has 2 aromatic carbocycles. The number of benzene rings is 2. The van der Waals surface area contributed by atoms with Crippen molar-refractivity contribution in [2.75, 3.05) is 6.54 Å². The maximum Gasteiger partial charge on any atom is 0.254 e. The topological polar surface area (TPSA) is 47.4 Å². The first-order valence-electron chi connectivity index (χ1n) is 9.42. The largest absolute Gasteiger partial charge is 0.370 e. The molecular weight excluding hydrogens is 393 g/mol. The van der Waals surface area contributed by atoms with Gasteiger partial charge in [0.15, 0.2) is 0 Å². The van der Waals surface area contributed by atoms with Crippen LogP contribution in [-0.2, 0) is 38.0 Å². The molecule has 4 rings (SSSR count). The summed E-state index contributed by atoms with van der Waals surface area (Å²) in [7, 11) is 1.90. The fourth-order valence-electron chi connectivity index (χ4n) is 3.61. The average Bonchev–Trinajstić information content (AvgIpc) is 3.04. The minimum absolute atomic E-state index is 0.0330. The van der Waals surface area contributed by atoms with Gasteiger partial charge in [-0.25, -0.2) is 4.39 Å². The van der Waals surface area contributed by atoms with Crippen molar-refractivity contribution in [1.82, 2.24) is 14.7 Å². The smallest absolute Gasteiger partial charge is 0.254 e. The van der Waals surface area contributed by atoms with Gasteiger partial charge in [0.05, 0.1) is 18.9 Å². The van der Waals surface area contributed by atoms with E-state index in [0.29, 0.717) is 29.2 Å². The highest BCUT2D eigenvalue weighted by Gasteiger charge is 2.27. The zero-order chi connectivity index (χ0) is 20.4. The van der Waals surface area contributed by atoms with Crippen molar-refractivity contribution in [2.24, 2.45) is 7.05 Å². The highest BCUT2D eigenvalue weighted by Crippen LogP contribution is 2.25. The number of amides is 1. The van der Waals surface area contributed by atoms with E-state index >= 15 is 0 Å². The highest BCUT2D eigenvalue weighted by molar-refractivity contribution is 6.30. The van der Waals surface area contributed by atoms with Gasteiger partial charge < -0.3 is 9.64 Å². The molecule has 1 aliphatic rings. The Morgan fingerprint density at radius 2 is 1.93 bits per heavy atom. The molecule has 0 bridgehead atoms. The summed E-state index contributed by atoms with van der Waals surface area (Å²) in [5.41, 5.74) is 4.02. The number of aromatic nitrogens is 2. The molecule has 0 saturated carbocycles. The molecule has 7 heteroatoms. The van der Waals surface area contributed by atoms with Crippen LogP contribution in [0.15, 0.2) is 48.5 Å². The Hall–Kier alpha value is -2.70. The number of fused-ring (bicyclic) bond motifs is 1. The first kappa shape index (κ1) is 19.6. The second-order valence-electron chi connectivity index (χ2n) is 7.06. The molecule has 1 aromatic heterocycles. The lowest BCUT2D eigenvalue weighted by Crippen LogP contribution is -2.36. The van der Waals surface area contributed by atoms with E-state index in [1.54, 1.807) is 42.5 Å². The summed E-state index contributed by atoms with van der Waals surface area (Å²) in [6, 6.07) is 13.5. The van der Waals surface area contributed by atoms with Crippen LogP contribution < -0.4 is 0 Å². The quantitative estimate of drug-likeness (QED) is 0.632. The van der Waals surface area contributed by atoms with E-state index < -0.39 is 0 Å². The molecule has 0 radical (unpaired) electrons. The van der Waals surface area contributed by atoms with Crippen molar-refractivity contribution in [2.45, 2.75) is 26.2 Å². The van der Waals surface area contributed by atoms with Gasteiger partial charge in [-0.3, -0.25) is 9.48 Å². The molecule has 0 saturated heterocycles. The Balaban J connectivity index is 1.46. The summed E-state index contributed by atoms with van der Waals surface area (Å²) in [5.74, 6) is -0.315. The van der Waals surface area contributed by atoms with Crippen molar-refractivity contribution >= 4 is 17.5 Å². The number of ether oxygens (including phenoxy) is 1. The Bertz CT molecular complexity index is 1030. The van der Waals surface area contributed by atoms with E-state index in [1.807, 2.05) is 16.6 Å².